The van der Waals surface area contributed by atoms with E-state index in [9.17, 15) is 18.0 Å². The fraction of sp³-hybridized carbons (Fsp3) is 0.364. The summed E-state index contributed by atoms with van der Waals surface area (Å²) in [4.78, 5) is 15.1. The molecule has 10 heteroatoms. The summed E-state index contributed by atoms with van der Waals surface area (Å²) in [5, 5.41) is 11.5. The molecule has 2 aromatic carbocycles. The normalized spacial score (nSPS) is 15.6. The van der Waals surface area contributed by atoms with Crippen LogP contribution < -0.4 is 4.74 Å². The molecule has 0 aliphatic carbocycles. The summed E-state index contributed by atoms with van der Waals surface area (Å²) >= 11 is 0. The molecule has 1 aromatic heterocycles. The van der Waals surface area contributed by atoms with E-state index in [-0.39, 0.29) is 30.0 Å². The lowest BCUT2D eigenvalue weighted by Crippen LogP contribution is -2.45. The molecule has 0 bridgehead atoms. The molecule has 1 aliphatic rings. The van der Waals surface area contributed by atoms with E-state index in [4.69, 9.17) is 4.74 Å². The number of amides is 1. The summed E-state index contributed by atoms with van der Waals surface area (Å²) in [5.41, 5.74) is 0.656. The molecular formula is C22H22F3N5O2. The van der Waals surface area contributed by atoms with Gasteiger partial charge < -0.3 is 9.64 Å². The number of rotatable bonds is 6. The second-order valence-corrected chi connectivity index (χ2v) is 7.74. The number of likely N-dealkylation sites (tertiary alicyclic amines) is 1. The topological polar surface area (TPSA) is 73.1 Å². The molecule has 0 saturated carbocycles. The van der Waals surface area contributed by atoms with E-state index >= 15 is 0 Å². The molecule has 1 fully saturated rings. The fourth-order valence-electron chi connectivity index (χ4n) is 3.85. The Hall–Kier alpha value is -3.43. The Bertz CT molecular complexity index is 1100. The third kappa shape index (κ3) is 4.90. The van der Waals surface area contributed by atoms with Crippen molar-refractivity contribution >= 4 is 5.91 Å². The van der Waals surface area contributed by atoms with Crippen molar-refractivity contribution in [1.29, 1.82) is 0 Å². The average Bonchev–Trinajstić information content (AvgIpc) is 3.20. The van der Waals surface area contributed by atoms with E-state index in [0.717, 1.165) is 12.1 Å². The lowest BCUT2D eigenvalue weighted by Gasteiger charge is -2.34. The predicted octanol–water partition coefficient (Wildman–Crippen LogP) is 3.25. The first-order chi connectivity index (χ1) is 15.4. The second kappa shape index (κ2) is 9.37. The summed E-state index contributed by atoms with van der Waals surface area (Å²) in [6.07, 6.45) is 0.920. The molecule has 1 amide bonds. The van der Waals surface area contributed by atoms with Crippen molar-refractivity contribution in [3.8, 4) is 5.75 Å². The maximum absolute atomic E-state index is 13.9. The van der Waals surface area contributed by atoms with Gasteiger partial charge in [-0.1, -0.05) is 12.1 Å². The molecule has 4 rings (SSSR count). The number of hydrogen-bond donors (Lipinski definition) is 0. The molecule has 3 aromatic rings. The standard InChI is InChI=1S/C22H22F3N5O2/c1-14-26-27-28-30(14)20(12-15-3-2-4-16(23)11-15)22(31)29-9-7-18(8-10-29)32-21-6-5-17(24)13-19(21)25/h2-6,11,13,18,20H,7-10,12H2,1H3. The van der Waals surface area contributed by atoms with Crippen molar-refractivity contribution in [2.24, 2.45) is 0 Å². The van der Waals surface area contributed by atoms with Crippen molar-refractivity contribution in [3.05, 3.63) is 71.3 Å². The van der Waals surface area contributed by atoms with Crippen LogP contribution in [0.2, 0.25) is 0 Å². The van der Waals surface area contributed by atoms with Crippen LogP contribution in [0.1, 0.15) is 30.3 Å². The Balaban J connectivity index is 1.44. The van der Waals surface area contributed by atoms with Gasteiger partial charge in [0.1, 0.15) is 29.6 Å². The smallest absolute Gasteiger partial charge is 0.247 e. The quantitative estimate of drug-likeness (QED) is 0.583. The van der Waals surface area contributed by atoms with Gasteiger partial charge in [0.05, 0.1) is 0 Å². The molecule has 0 N–H and O–H groups in total. The summed E-state index contributed by atoms with van der Waals surface area (Å²) < 4.78 is 47.7. The van der Waals surface area contributed by atoms with E-state index in [1.54, 1.807) is 24.0 Å². The number of ether oxygens (including phenoxy) is 1. The highest BCUT2D eigenvalue weighted by Gasteiger charge is 2.32. The van der Waals surface area contributed by atoms with Crippen molar-refractivity contribution in [3.63, 3.8) is 0 Å². The number of aromatic nitrogens is 4. The molecule has 0 radical (unpaired) electrons. The highest BCUT2D eigenvalue weighted by Crippen LogP contribution is 2.25. The van der Waals surface area contributed by atoms with E-state index in [1.165, 1.54) is 22.9 Å². The number of carbonyl (C=O) groups excluding carboxylic acids is 1. The van der Waals surface area contributed by atoms with Gasteiger partial charge in [0.15, 0.2) is 11.6 Å². The molecule has 1 aliphatic heterocycles. The molecule has 1 atom stereocenters. The van der Waals surface area contributed by atoms with Crippen LogP contribution in [0.25, 0.3) is 0 Å². The Morgan fingerprint density at radius 3 is 2.53 bits per heavy atom. The van der Waals surface area contributed by atoms with Crippen LogP contribution in [0.15, 0.2) is 42.5 Å². The summed E-state index contributed by atoms with van der Waals surface area (Å²) in [6, 6.07) is 8.53. The zero-order valence-corrected chi connectivity index (χ0v) is 17.4. The number of benzene rings is 2. The number of tetrazole rings is 1. The van der Waals surface area contributed by atoms with Gasteiger partial charge >= 0.3 is 0 Å². The summed E-state index contributed by atoms with van der Waals surface area (Å²) in [7, 11) is 0. The van der Waals surface area contributed by atoms with Gasteiger partial charge in [-0.25, -0.2) is 17.9 Å². The molecule has 0 spiro atoms. The first-order valence-electron chi connectivity index (χ1n) is 10.3. The lowest BCUT2D eigenvalue weighted by molar-refractivity contribution is -0.137. The molecular weight excluding hydrogens is 423 g/mol. The molecule has 7 nitrogen and oxygen atoms in total. The summed E-state index contributed by atoms with van der Waals surface area (Å²) in [5.74, 6) is -1.52. The van der Waals surface area contributed by atoms with Gasteiger partial charge in [-0.05, 0) is 47.2 Å². The maximum atomic E-state index is 13.9. The van der Waals surface area contributed by atoms with E-state index in [1.807, 2.05) is 0 Å². The first kappa shape index (κ1) is 21.8. The molecule has 1 unspecified atom stereocenters. The highest BCUT2D eigenvalue weighted by molar-refractivity contribution is 5.80. The molecule has 1 saturated heterocycles. The summed E-state index contributed by atoms with van der Waals surface area (Å²) in [6.45, 7) is 2.49. The Kier molecular flexibility index (Phi) is 6.38. The molecule has 32 heavy (non-hydrogen) atoms. The first-order valence-corrected chi connectivity index (χ1v) is 10.3. The van der Waals surface area contributed by atoms with Crippen molar-refractivity contribution in [1.82, 2.24) is 25.1 Å². The van der Waals surface area contributed by atoms with Crippen LogP contribution in [0.3, 0.4) is 0 Å². The van der Waals surface area contributed by atoms with Crippen molar-refractivity contribution in [2.75, 3.05) is 13.1 Å². The van der Waals surface area contributed by atoms with Gasteiger partial charge in [0.2, 0.25) is 5.91 Å². The van der Waals surface area contributed by atoms with Crippen LogP contribution in [0, 0.1) is 24.4 Å². The van der Waals surface area contributed by atoms with Crippen molar-refractivity contribution in [2.45, 2.75) is 38.3 Å². The van der Waals surface area contributed by atoms with Gasteiger partial charge in [-0.2, -0.15) is 0 Å². The van der Waals surface area contributed by atoms with Gasteiger partial charge in [0, 0.05) is 38.4 Å². The minimum Gasteiger partial charge on any atom is -0.487 e. The number of halogens is 3. The second-order valence-electron chi connectivity index (χ2n) is 7.74. The zero-order chi connectivity index (χ0) is 22.7. The van der Waals surface area contributed by atoms with Gasteiger partial charge in [-0.15, -0.1) is 5.10 Å². The number of carbonyl (C=O) groups is 1. The van der Waals surface area contributed by atoms with E-state index in [0.29, 0.717) is 37.3 Å². The zero-order valence-electron chi connectivity index (χ0n) is 17.4. The minimum atomic E-state index is -0.757. The van der Waals surface area contributed by atoms with Crippen LogP contribution in [-0.2, 0) is 11.2 Å². The number of aryl methyl sites for hydroxylation is 1. The predicted molar refractivity (Wildman–Crippen MR) is 108 cm³/mol. The fourth-order valence-corrected chi connectivity index (χ4v) is 3.85. The number of nitrogens with zero attached hydrogens (tertiary/aromatic N) is 5. The Morgan fingerprint density at radius 1 is 1.12 bits per heavy atom. The highest BCUT2D eigenvalue weighted by atomic mass is 19.1. The molecule has 2 heterocycles. The Labute approximate surface area is 182 Å². The maximum Gasteiger partial charge on any atom is 0.247 e. The average molecular weight is 445 g/mol. The van der Waals surface area contributed by atoms with Crippen LogP contribution in [0.4, 0.5) is 13.2 Å². The largest absolute Gasteiger partial charge is 0.487 e. The van der Waals surface area contributed by atoms with Crippen LogP contribution in [0.5, 0.6) is 5.75 Å². The lowest BCUT2D eigenvalue weighted by atomic mass is 10.0. The monoisotopic (exact) mass is 445 g/mol. The van der Waals surface area contributed by atoms with Gasteiger partial charge in [0.25, 0.3) is 0 Å². The Morgan fingerprint density at radius 2 is 1.88 bits per heavy atom. The minimum absolute atomic E-state index is 0.00975. The van der Waals surface area contributed by atoms with Crippen LogP contribution in [-0.4, -0.2) is 50.2 Å². The third-order valence-corrected chi connectivity index (χ3v) is 5.50. The van der Waals surface area contributed by atoms with Crippen molar-refractivity contribution < 1.29 is 22.7 Å². The SMILES string of the molecule is Cc1nnnn1C(Cc1cccc(F)c1)C(=O)N1CCC(Oc2ccc(F)cc2F)CC1. The molecule has 168 valence electrons. The van der Waals surface area contributed by atoms with E-state index in [2.05, 4.69) is 15.5 Å². The van der Waals surface area contributed by atoms with E-state index < -0.39 is 17.7 Å². The van der Waals surface area contributed by atoms with Gasteiger partial charge in [-0.3, -0.25) is 4.79 Å². The third-order valence-electron chi connectivity index (χ3n) is 5.50. The number of hydrogen-bond acceptors (Lipinski definition) is 5. The van der Waals surface area contributed by atoms with Crippen LogP contribution >= 0.6 is 0 Å². The number of piperidine rings is 1.